The normalized spacial score (nSPS) is 11.1. The summed E-state index contributed by atoms with van der Waals surface area (Å²) in [5.74, 6) is -1.68. The zero-order valence-corrected chi connectivity index (χ0v) is 11.2. The molecule has 0 radical (unpaired) electrons. The van der Waals surface area contributed by atoms with E-state index in [0.29, 0.717) is 5.56 Å². The summed E-state index contributed by atoms with van der Waals surface area (Å²) in [6.07, 6.45) is 0. The number of aliphatic carboxylic acids is 1. The molecule has 110 valence electrons. The Morgan fingerprint density at radius 3 is 2.60 bits per heavy atom. The van der Waals surface area contributed by atoms with Crippen LogP contribution in [-0.4, -0.2) is 38.6 Å². The highest BCUT2D eigenvalue weighted by Gasteiger charge is 2.08. The largest absolute Gasteiger partial charge is 0.480 e. The molecule has 0 atom stereocenters. The smallest absolute Gasteiger partial charge is 0.329 e. The lowest BCUT2D eigenvalue weighted by atomic mass is 10.2. The van der Waals surface area contributed by atoms with Gasteiger partial charge < -0.3 is 15.2 Å². The number of ether oxygens (including phenoxy) is 1. The van der Waals surface area contributed by atoms with E-state index in [9.17, 15) is 18.0 Å². The lowest BCUT2D eigenvalue weighted by Crippen LogP contribution is -2.28. The van der Waals surface area contributed by atoms with E-state index in [1.807, 2.05) is 0 Å². The first-order valence-electron chi connectivity index (χ1n) is 5.47. The monoisotopic (exact) mass is 302 g/mol. The molecule has 0 bridgehead atoms. The summed E-state index contributed by atoms with van der Waals surface area (Å²) in [4.78, 5) is 21.4. The van der Waals surface area contributed by atoms with E-state index in [1.165, 1.54) is 18.2 Å². The summed E-state index contributed by atoms with van der Waals surface area (Å²) in [5.41, 5.74) is 0.545. The molecule has 1 amide bonds. The number of hydrogen-bond donors (Lipinski definition) is 3. The van der Waals surface area contributed by atoms with Crippen molar-refractivity contribution in [1.82, 2.24) is 5.32 Å². The van der Waals surface area contributed by atoms with Crippen molar-refractivity contribution in [2.75, 3.05) is 13.2 Å². The molecule has 0 saturated heterocycles. The van der Waals surface area contributed by atoms with Crippen LogP contribution in [0.4, 0.5) is 0 Å². The van der Waals surface area contributed by atoms with Crippen LogP contribution >= 0.6 is 0 Å². The van der Waals surface area contributed by atoms with Crippen LogP contribution in [0.25, 0.3) is 0 Å². The fraction of sp³-hybridized carbons (Fsp3) is 0.273. The first-order valence-corrected chi connectivity index (χ1v) is 7.01. The van der Waals surface area contributed by atoms with Crippen molar-refractivity contribution in [3.05, 3.63) is 29.8 Å². The van der Waals surface area contributed by atoms with Gasteiger partial charge in [-0.15, -0.1) is 0 Å². The van der Waals surface area contributed by atoms with Crippen LogP contribution in [0.2, 0.25) is 0 Å². The third-order valence-electron chi connectivity index (χ3n) is 2.18. The molecule has 1 aromatic rings. The van der Waals surface area contributed by atoms with Gasteiger partial charge in [-0.25, -0.2) is 18.4 Å². The van der Waals surface area contributed by atoms with Crippen LogP contribution in [0.15, 0.2) is 29.2 Å². The van der Waals surface area contributed by atoms with Gasteiger partial charge in [0.15, 0.2) is 0 Å². The van der Waals surface area contributed by atoms with Gasteiger partial charge in [-0.05, 0) is 17.7 Å². The van der Waals surface area contributed by atoms with Gasteiger partial charge in [0, 0.05) is 6.54 Å². The molecule has 4 N–H and O–H groups in total. The second kappa shape index (κ2) is 6.98. The first kappa shape index (κ1) is 16.1. The molecule has 0 aromatic heterocycles. The van der Waals surface area contributed by atoms with Crippen molar-refractivity contribution in [3.8, 4) is 0 Å². The number of carbonyl (C=O) groups excluding carboxylic acids is 1. The molecule has 0 fully saturated rings. The van der Waals surface area contributed by atoms with Crippen molar-refractivity contribution in [2.24, 2.45) is 5.14 Å². The predicted molar refractivity (Wildman–Crippen MR) is 68.1 cm³/mol. The average molecular weight is 302 g/mol. The molecule has 0 aliphatic heterocycles. The van der Waals surface area contributed by atoms with E-state index < -0.39 is 28.5 Å². The minimum absolute atomic E-state index is 0.0497. The van der Waals surface area contributed by atoms with Crippen molar-refractivity contribution in [1.29, 1.82) is 0 Å². The Bertz CT molecular complexity index is 599. The first-order chi connectivity index (χ1) is 9.29. The van der Waals surface area contributed by atoms with E-state index in [1.54, 1.807) is 6.07 Å². The summed E-state index contributed by atoms with van der Waals surface area (Å²) in [6.45, 7) is -0.867. The molecule has 20 heavy (non-hydrogen) atoms. The molecule has 0 heterocycles. The number of nitrogens with two attached hydrogens (primary N) is 1. The maximum atomic E-state index is 11.3. The Morgan fingerprint density at radius 1 is 1.30 bits per heavy atom. The summed E-state index contributed by atoms with van der Waals surface area (Å²) < 4.78 is 26.9. The maximum Gasteiger partial charge on any atom is 0.329 e. The van der Waals surface area contributed by atoms with Crippen LogP contribution < -0.4 is 10.5 Å². The van der Waals surface area contributed by atoms with Crippen molar-refractivity contribution >= 4 is 21.9 Å². The van der Waals surface area contributed by atoms with E-state index >= 15 is 0 Å². The van der Waals surface area contributed by atoms with Gasteiger partial charge in [0.1, 0.15) is 13.2 Å². The predicted octanol–water partition coefficient (Wildman–Crippen LogP) is -0.949. The number of rotatable bonds is 7. The third-order valence-corrected chi connectivity index (χ3v) is 3.09. The standard InChI is InChI=1S/C11H14N2O6S/c12-20(17,18)9-3-1-2-8(4-9)5-13-10(14)6-19-7-11(15)16/h1-4H,5-7H2,(H,13,14)(H,15,16)(H2,12,17,18). The lowest BCUT2D eigenvalue weighted by molar-refractivity contribution is -0.143. The highest BCUT2D eigenvalue weighted by Crippen LogP contribution is 2.09. The fourth-order valence-electron chi connectivity index (χ4n) is 1.32. The number of primary sulfonamides is 1. The summed E-state index contributed by atoms with van der Waals surface area (Å²) >= 11 is 0. The van der Waals surface area contributed by atoms with Gasteiger partial charge in [-0.2, -0.15) is 0 Å². The van der Waals surface area contributed by atoms with Gasteiger partial charge in [0.2, 0.25) is 15.9 Å². The van der Waals surface area contributed by atoms with E-state index in [4.69, 9.17) is 10.2 Å². The summed E-state index contributed by atoms with van der Waals surface area (Å²) in [5, 5.41) is 15.8. The zero-order valence-electron chi connectivity index (χ0n) is 10.4. The molecule has 0 aliphatic rings. The van der Waals surface area contributed by atoms with Gasteiger partial charge in [-0.3, -0.25) is 4.79 Å². The highest BCUT2D eigenvalue weighted by atomic mass is 32.2. The highest BCUT2D eigenvalue weighted by molar-refractivity contribution is 7.89. The molecule has 1 rings (SSSR count). The topological polar surface area (TPSA) is 136 Å². The van der Waals surface area contributed by atoms with Gasteiger partial charge in [0.05, 0.1) is 4.90 Å². The van der Waals surface area contributed by atoms with Crippen molar-refractivity contribution < 1.29 is 27.9 Å². The quantitative estimate of drug-likeness (QED) is 0.594. The van der Waals surface area contributed by atoms with Crippen LogP contribution in [0.5, 0.6) is 0 Å². The van der Waals surface area contributed by atoms with Crippen LogP contribution in [0, 0.1) is 0 Å². The van der Waals surface area contributed by atoms with Crippen LogP contribution in [0.1, 0.15) is 5.56 Å². The molecule has 8 nitrogen and oxygen atoms in total. The molecule has 9 heteroatoms. The molecule has 1 aromatic carbocycles. The Kier molecular flexibility index (Phi) is 5.62. The number of amides is 1. The average Bonchev–Trinajstić information content (AvgIpc) is 2.35. The Labute approximate surface area is 115 Å². The minimum atomic E-state index is -3.79. The summed E-state index contributed by atoms with van der Waals surface area (Å²) in [7, 11) is -3.79. The van der Waals surface area contributed by atoms with E-state index in [0.717, 1.165) is 0 Å². The molecule has 0 aliphatic carbocycles. The number of sulfonamides is 1. The van der Waals surface area contributed by atoms with E-state index in [-0.39, 0.29) is 18.0 Å². The molecular weight excluding hydrogens is 288 g/mol. The number of hydrogen-bond acceptors (Lipinski definition) is 5. The minimum Gasteiger partial charge on any atom is -0.480 e. The number of nitrogens with one attached hydrogen (secondary N) is 1. The van der Waals surface area contributed by atoms with Crippen molar-refractivity contribution in [2.45, 2.75) is 11.4 Å². The lowest BCUT2D eigenvalue weighted by Gasteiger charge is -2.06. The van der Waals surface area contributed by atoms with Gasteiger partial charge >= 0.3 is 5.97 Å². The maximum absolute atomic E-state index is 11.3. The van der Waals surface area contributed by atoms with Crippen LogP contribution in [-0.2, 0) is 30.9 Å². The molecule has 0 spiro atoms. The second-order valence-corrected chi connectivity index (χ2v) is 5.42. The number of benzene rings is 1. The van der Waals surface area contributed by atoms with Gasteiger partial charge in [-0.1, -0.05) is 12.1 Å². The Morgan fingerprint density at radius 2 is 2.00 bits per heavy atom. The third kappa shape index (κ3) is 5.78. The SMILES string of the molecule is NS(=O)(=O)c1cccc(CNC(=O)COCC(=O)O)c1. The van der Waals surface area contributed by atoms with Gasteiger partial charge in [0.25, 0.3) is 0 Å². The number of carbonyl (C=O) groups is 2. The van der Waals surface area contributed by atoms with Crippen molar-refractivity contribution in [3.63, 3.8) is 0 Å². The molecule has 0 saturated carbocycles. The fourth-order valence-corrected chi connectivity index (χ4v) is 1.90. The number of carboxylic acid groups (broad SMARTS) is 1. The molecule has 0 unspecified atom stereocenters. The van der Waals surface area contributed by atoms with E-state index in [2.05, 4.69) is 10.1 Å². The molecular formula is C11H14N2O6S. The second-order valence-electron chi connectivity index (χ2n) is 3.86. The Hall–Kier alpha value is -1.97. The summed E-state index contributed by atoms with van der Waals surface area (Å²) in [6, 6.07) is 5.81. The van der Waals surface area contributed by atoms with Crippen LogP contribution in [0.3, 0.4) is 0 Å². The zero-order chi connectivity index (χ0) is 15.2. The number of carboxylic acids is 1. The Balaban J connectivity index is 2.50.